The van der Waals surface area contributed by atoms with Gasteiger partial charge in [0.25, 0.3) is 5.91 Å². The number of ether oxygens (including phenoxy) is 1. The zero-order valence-corrected chi connectivity index (χ0v) is 30.6. The molecular formula is C35H59Cl2N5O3. The normalized spacial score (nSPS) is 10.9. The molecule has 2 aromatic rings. The average Bonchev–Trinajstić information content (AvgIpc) is 3.01. The number of halogens is 2. The Morgan fingerprint density at radius 1 is 0.600 bits per heavy atom. The lowest BCUT2D eigenvalue weighted by molar-refractivity contribution is 0.0948. The molecule has 0 radical (unpaired) electrons. The summed E-state index contributed by atoms with van der Waals surface area (Å²) in [5, 5.41) is 2.90. The third kappa shape index (κ3) is 24.8. The van der Waals surface area contributed by atoms with E-state index in [9.17, 15) is 9.59 Å². The molecule has 0 aliphatic carbocycles. The van der Waals surface area contributed by atoms with Crippen molar-refractivity contribution in [3.8, 4) is 0 Å². The van der Waals surface area contributed by atoms with E-state index in [1.807, 2.05) is 52.5 Å². The van der Waals surface area contributed by atoms with Crippen LogP contribution in [0, 0.1) is 0 Å². The topological polar surface area (TPSA) is 68.4 Å². The number of alkyl halides is 2. The van der Waals surface area contributed by atoms with Gasteiger partial charge in [-0.25, -0.2) is 0 Å². The Kier molecular flexibility index (Phi) is 25.9. The number of nitrogens with zero attached hydrogens (tertiary/aromatic N) is 4. The lowest BCUT2D eigenvalue weighted by Crippen LogP contribution is -2.27. The molecule has 10 heteroatoms. The molecule has 0 heterocycles. The fourth-order valence-electron chi connectivity index (χ4n) is 3.68. The number of carbonyl (C=O) groups excluding carboxylic acids is 2. The molecule has 0 spiro atoms. The summed E-state index contributed by atoms with van der Waals surface area (Å²) in [7, 11) is 16.3. The van der Waals surface area contributed by atoms with Crippen molar-refractivity contribution in [3.05, 3.63) is 70.8 Å². The fourth-order valence-corrected chi connectivity index (χ4v) is 4.03. The van der Waals surface area contributed by atoms with Crippen molar-refractivity contribution in [2.45, 2.75) is 37.4 Å². The number of carbonyl (C=O) groups is 2. The summed E-state index contributed by atoms with van der Waals surface area (Å²) in [5.41, 5.74) is 3.55. The van der Waals surface area contributed by atoms with Crippen LogP contribution < -0.4 is 5.32 Å². The number of Topliss-reactive ketones (excluding diaryl/α,β-unsaturated/α-hetero) is 1. The Bertz CT molecular complexity index is 937. The van der Waals surface area contributed by atoms with Gasteiger partial charge in [0.05, 0.1) is 13.2 Å². The van der Waals surface area contributed by atoms with Crippen LogP contribution in [0.1, 0.15) is 57.5 Å². The van der Waals surface area contributed by atoms with Gasteiger partial charge in [-0.2, -0.15) is 0 Å². The molecule has 256 valence electrons. The summed E-state index contributed by atoms with van der Waals surface area (Å²) < 4.78 is 5.37. The van der Waals surface area contributed by atoms with Crippen molar-refractivity contribution >= 4 is 34.9 Å². The van der Waals surface area contributed by atoms with Gasteiger partial charge in [0.15, 0.2) is 5.78 Å². The Hall–Kier alpha value is -2.04. The van der Waals surface area contributed by atoms with E-state index < -0.39 is 0 Å². The highest BCUT2D eigenvalue weighted by molar-refractivity contribution is 6.17. The number of nitrogens with one attached hydrogen (secondary N) is 1. The molecule has 2 aromatic carbocycles. The van der Waals surface area contributed by atoms with Crippen LogP contribution in [0.2, 0.25) is 0 Å². The Balaban J connectivity index is 0.000000758. The lowest BCUT2D eigenvalue weighted by atomic mass is 10.0. The molecule has 45 heavy (non-hydrogen) atoms. The second-order valence-electron chi connectivity index (χ2n) is 12.0. The van der Waals surface area contributed by atoms with Gasteiger partial charge in [0, 0.05) is 48.9 Å². The minimum atomic E-state index is -0.0845. The Morgan fingerprint density at radius 2 is 1.02 bits per heavy atom. The van der Waals surface area contributed by atoms with E-state index in [-0.39, 0.29) is 11.7 Å². The lowest BCUT2D eigenvalue weighted by Gasteiger charge is -2.12. The van der Waals surface area contributed by atoms with Crippen LogP contribution in [0.5, 0.6) is 0 Å². The van der Waals surface area contributed by atoms with Gasteiger partial charge in [0.1, 0.15) is 0 Å². The number of benzene rings is 2. The summed E-state index contributed by atoms with van der Waals surface area (Å²) in [6.07, 6.45) is 3.39. The van der Waals surface area contributed by atoms with Gasteiger partial charge in [0.2, 0.25) is 0 Å². The Labute approximate surface area is 284 Å². The molecule has 0 saturated carbocycles. The number of ketones is 1. The highest BCUT2D eigenvalue weighted by Gasteiger charge is 2.09. The van der Waals surface area contributed by atoms with Gasteiger partial charge < -0.3 is 29.7 Å². The zero-order chi connectivity index (χ0) is 34.0. The standard InChI is InChI=1S/C19H31N3O2.C8H8Cl2.C8H20N2O/c1-21(2)14-6-5-8-18(23)16-9-11-17(12-10-16)19(24)20-13-7-15-22(3)4;9-5-7-1-2-8(6-10)4-3-7;1-9(2)5-7-11-8-6-10(3)4/h9-12H,5-8,13-15H2,1-4H3,(H,20,24);1-4H,5-6H2;5-8H2,1-4H3. The summed E-state index contributed by atoms with van der Waals surface area (Å²) in [6, 6.07) is 14.9. The molecule has 0 aliphatic rings. The van der Waals surface area contributed by atoms with Gasteiger partial charge in [-0.15, -0.1) is 23.2 Å². The molecule has 0 fully saturated rings. The first kappa shape index (κ1) is 43.0. The second-order valence-corrected chi connectivity index (χ2v) is 12.5. The molecule has 0 atom stereocenters. The second kappa shape index (κ2) is 27.1. The number of amides is 1. The third-order valence-corrected chi connectivity index (χ3v) is 7.11. The first-order valence-corrected chi connectivity index (χ1v) is 16.7. The summed E-state index contributed by atoms with van der Waals surface area (Å²) in [4.78, 5) is 32.6. The van der Waals surface area contributed by atoms with E-state index >= 15 is 0 Å². The predicted octanol–water partition coefficient (Wildman–Crippen LogP) is 5.57. The van der Waals surface area contributed by atoms with Crippen LogP contribution in [0.15, 0.2) is 48.5 Å². The van der Waals surface area contributed by atoms with Gasteiger partial charge in [-0.05, 0) is 112 Å². The van der Waals surface area contributed by atoms with Crippen LogP contribution in [0.4, 0.5) is 0 Å². The number of hydrogen-bond donors (Lipinski definition) is 1. The van der Waals surface area contributed by atoms with Crippen LogP contribution in [-0.4, -0.2) is 134 Å². The number of likely N-dealkylation sites (N-methyl/N-ethyl adjacent to an activating group) is 2. The predicted molar refractivity (Wildman–Crippen MR) is 192 cm³/mol. The molecule has 0 aromatic heterocycles. The van der Waals surface area contributed by atoms with Crippen molar-refractivity contribution < 1.29 is 14.3 Å². The minimum Gasteiger partial charge on any atom is -0.379 e. The maximum atomic E-state index is 12.1. The Morgan fingerprint density at radius 3 is 1.44 bits per heavy atom. The van der Waals surface area contributed by atoms with Crippen molar-refractivity contribution in [2.75, 3.05) is 102 Å². The van der Waals surface area contributed by atoms with Crippen LogP contribution in [0.25, 0.3) is 0 Å². The van der Waals surface area contributed by atoms with E-state index in [1.54, 1.807) is 24.3 Å². The van der Waals surface area contributed by atoms with Crippen LogP contribution in [-0.2, 0) is 16.5 Å². The molecular weight excluding hydrogens is 609 g/mol. The van der Waals surface area contributed by atoms with E-state index in [4.69, 9.17) is 27.9 Å². The van der Waals surface area contributed by atoms with Crippen LogP contribution in [0.3, 0.4) is 0 Å². The molecule has 0 aliphatic heterocycles. The first-order valence-electron chi connectivity index (χ1n) is 15.7. The van der Waals surface area contributed by atoms with Gasteiger partial charge in [-0.1, -0.05) is 36.4 Å². The zero-order valence-electron chi connectivity index (χ0n) is 29.1. The highest BCUT2D eigenvalue weighted by atomic mass is 35.5. The maximum Gasteiger partial charge on any atom is 0.251 e. The SMILES string of the molecule is CN(C)CCCCC(=O)c1ccc(C(=O)NCCCN(C)C)cc1.CN(C)CCOCCN(C)C.ClCc1ccc(CCl)cc1. The fraction of sp³-hybridized carbons (Fsp3) is 0.600. The number of unbranched alkanes of at least 4 members (excludes halogenated alkanes) is 1. The van der Waals surface area contributed by atoms with Crippen molar-refractivity contribution in [2.24, 2.45) is 0 Å². The average molecular weight is 669 g/mol. The van der Waals surface area contributed by atoms with E-state index in [0.29, 0.717) is 35.9 Å². The maximum absolute atomic E-state index is 12.1. The number of hydrogen-bond acceptors (Lipinski definition) is 7. The summed E-state index contributed by atoms with van der Waals surface area (Å²) in [5.74, 6) is 1.20. The van der Waals surface area contributed by atoms with Gasteiger partial charge >= 0.3 is 0 Å². The summed E-state index contributed by atoms with van der Waals surface area (Å²) >= 11 is 11.2. The highest BCUT2D eigenvalue weighted by Crippen LogP contribution is 2.10. The monoisotopic (exact) mass is 667 g/mol. The molecule has 0 saturated heterocycles. The largest absolute Gasteiger partial charge is 0.379 e. The van der Waals surface area contributed by atoms with Crippen molar-refractivity contribution in [3.63, 3.8) is 0 Å². The number of rotatable bonds is 19. The van der Waals surface area contributed by atoms with Crippen LogP contribution >= 0.6 is 23.2 Å². The molecule has 0 bridgehead atoms. The third-order valence-electron chi connectivity index (χ3n) is 6.49. The van der Waals surface area contributed by atoms with E-state index in [1.165, 1.54) is 0 Å². The van der Waals surface area contributed by atoms with Crippen molar-refractivity contribution in [1.82, 2.24) is 24.9 Å². The molecule has 8 nitrogen and oxygen atoms in total. The minimum absolute atomic E-state index is 0.0845. The summed E-state index contributed by atoms with van der Waals surface area (Å²) in [6.45, 7) is 6.29. The van der Waals surface area contributed by atoms with Gasteiger partial charge in [-0.3, -0.25) is 9.59 Å². The molecule has 2 rings (SSSR count). The van der Waals surface area contributed by atoms with Crippen molar-refractivity contribution in [1.29, 1.82) is 0 Å². The van der Waals surface area contributed by atoms with E-state index in [2.05, 4.69) is 53.1 Å². The quantitative estimate of drug-likeness (QED) is 0.119. The van der Waals surface area contributed by atoms with E-state index in [0.717, 1.165) is 69.8 Å². The molecule has 1 N–H and O–H groups in total. The smallest absolute Gasteiger partial charge is 0.251 e. The molecule has 1 amide bonds. The first-order chi connectivity index (χ1) is 21.4. The molecule has 0 unspecified atom stereocenters.